The molecule has 2 amide bonds. The van der Waals surface area contributed by atoms with E-state index in [2.05, 4.69) is 10.6 Å². The molecule has 0 unspecified atom stereocenters. The number of ether oxygens (including phenoxy) is 1. The maximum absolute atomic E-state index is 12.1. The van der Waals surface area contributed by atoms with E-state index < -0.39 is 6.10 Å². The molecule has 6 nitrogen and oxygen atoms in total. The van der Waals surface area contributed by atoms with Gasteiger partial charge >= 0.3 is 0 Å². The van der Waals surface area contributed by atoms with Crippen LogP contribution in [0.3, 0.4) is 0 Å². The van der Waals surface area contributed by atoms with Gasteiger partial charge in [0.05, 0.1) is 25.2 Å². The quantitative estimate of drug-likeness (QED) is 0.656. The minimum Gasteiger partial charge on any atom is -0.394 e. The van der Waals surface area contributed by atoms with E-state index in [1.807, 2.05) is 30.3 Å². The average molecular weight is 360 g/mol. The van der Waals surface area contributed by atoms with E-state index in [0.29, 0.717) is 25.3 Å². The highest BCUT2D eigenvalue weighted by molar-refractivity contribution is 5.77. The van der Waals surface area contributed by atoms with Gasteiger partial charge in [0.2, 0.25) is 11.8 Å². The average Bonchev–Trinajstić information content (AvgIpc) is 3.46. The van der Waals surface area contributed by atoms with Crippen LogP contribution in [0.2, 0.25) is 0 Å². The maximum atomic E-state index is 12.1. The van der Waals surface area contributed by atoms with E-state index in [1.54, 1.807) is 0 Å². The van der Waals surface area contributed by atoms with Gasteiger partial charge in [0, 0.05) is 13.0 Å². The lowest BCUT2D eigenvalue weighted by molar-refractivity contribution is -0.136. The number of hydrogen-bond donors (Lipinski definition) is 3. The number of nitrogens with one attached hydrogen (secondary N) is 2. The minimum absolute atomic E-state index is 0.0404. The molecule has 1 aromatic carbocycles. The Hall–Kier alpha value is -1.92. The molecule has 1 saturated carbocycles. The van der Waals surface area contributed by atoms with Crippen LogP contribution >= 0.6 is 0 Å². The van der Waals surface area contributed by atoms with Crippen molar-refractivity contribution in [1.29, 1.82) is 0 Å². The number of aliphatic hydroxyl groups excluding tert-OH is 1. The lowest BCUT2D eigenvalue weighted by atomic mass is 9.96. The van der Waals surface area contributed by atoms with Gasteiger partial charge < -0.3 is 20.5 Å². The highest BCUT2D eigenvalue weighted by atomic mass is 16.5. The van der Waals surface area contributed by atoms with Crippen molar-refractivity contribution in [1.82, 2.24) is 10.6 Å². The minimum atomic E-state index is -0.446. The van der Waals surface area contributed by atoms with Gasteiger partial charge in [-0.25, -0.2) is 0 Å². The Morgan fingerprint density at radius 3 is 2.50 bits per heavy atom. The highest BCUT2D eigenvalue weighted by Gasteiger charge is 2.34. The van der Waals surface area contributed by atoms with Crippen LogP contribution in [0.5, 0.6) is 0 Å². The zero-order valence-electron chi connectivity index (χ0n) is 15.0. The molecule has 1 heterocycles. The zero-order valence-corrected chi connectivity index (χ0v) is 15.0. The lowest BCUT2D eigenvalue weighted by Gasteiger charge is -2.36. The fraction of sp³-hybridized carbons (Fsp3) is 0.600. The Morgan fingerprint density at radius 2 is 1.81 bits per heavy atom. The number of hydrogen-bond acceptors (Lipinski definition) is 4. The van der Waals surface area contributed by atoms with E-state index in [0.717, 1.165) is 24.8 Å². The van der Waals surface area contributed by atoms with Crippen LogP contribution in [-0.4, -0.2) is 41.8 Å². The summed E-state index contributed by atoms with van der Waals surface area (Å²) in [5, 5.41) is 15.5. The molecule has 2 fully saturated rings. The summed E-state index contributed by atoms with van der Waals surface area (Å²) < 4.78 is 5.87. The normalized spacial score (nSPS) is 25.5. The molecule has 0 radical (unpaired) electrons. The molecule has 0 spiro atoms. The highest BCUT2D eigenvalue weighted by Crippen LogP contribution is 2.32. The first-order chi connectivity index (χ1) is 12.6. The van der Waals surface area contributed by atoms with Crippen LogP contribution in [0.25, 0.3) is 0 Å². The van der Waals surface area contributed by atoms with Crippen molar-refractivity contribution in [3.05, 3.63) is 35.9 Å². The van der Waals surface area contributed by atoms with E-state index in [4.69, 9.17) is 4.74 Å². The third kappa shape index (κ3) is 5.81. The largest absolute Gasteiger partial charge is 0.394 e. The van der Waals surface area contributed by atoms with Gasteiger partial charge in [-0.3, -0.25) is 9.59 Å². The zero-order chi connectivity index (χ0) is 18.4. The molecule has 6 heteroatoms. The van der Waals surface area contributed by atoms with E-state index >= 15 is 0 Å². The molecule has 0 bridgehead atoms. The summed E-state index contributed by atoms with van der Waals surface area (Å²) in [4.78, 5) is 24.1. The molecule has 26 heavy (non-hydrogen) atoms. The van der Waals surface area contributed by atoms with Crippen molar-refractivity contribution < 1.29 is 19.4 Å². The van der Waals surface area contributed by atoms with Gasteiger partial charge in [-0.05, 0) is 37.2 Å². The number of carbonyl (C=O) groups is 2. The summed E-state index contributed by atoms with van der Waals surface area (Å²) in [5.74, 6) is 0.513. The SMILES string of the molecule is O=C(C[C@H]1CC[C@@H](NC(=O)CC2CC2)[C@H](CO)O1)NCc1ccccc1. The summed E-state index contributed by atoms with van der Waals surface area (Å²) in [6.45, 7) is 0.339. The molecular weight excluding hydrogens is 332 g/mol. The monoisotopic (exact) mass is 360 g/mol. The van der Waals surface area contributed by atoms with Crippen LogP contribution in [0.4, 0.5) is 0 Å². The summed E-state index contributed by atoms with van der Waals surface area (Å²) in [6, 6.07) is 9.58. The summed E-state index contributed by atoms with van der Waals surface area (Å²) in [5.41, 5.74) is 1.05. The Bertz CT molecular complexity index is 603. The van der Waals surface area contributed by atoms with Crippen LogP contribution in [0.15, 0.2) is 30.3 Å². The predicted octanol–water partition coefficient (Wildman–Crippen LogP) is 1.52. The Balaban J connectivity index is 1.41. The third-order valence-electron chi connectivity index (χ3n) is 5.06. The molecule has 0 aromatic heterocycles. The second-order valence-corrected chi connectivity index (χ2v) is 7.34. The molecule has 1 saturated heterocycles. The van der Waals surface area contributed by atoms with Crippen LogP contribution in [0.1, 0.15) is 44.1 Å². The summed E-state index contributed by atoms with van der Waals surface area (Å²) >= 11 is 0. The first-order valence-corrected chi connectivity index (χ1v) is 9.50. The Labute approximate surface area is 154 Å². The third-order valence-corrected chi connectivity index (χ3v) is 5.06. The first-order valence-electron chi connectivity index (χ1n) is 9.50. The first kappa shape index (κ1) is 18.9. The lowest BCUT2D eigenvalue weighted by Crippen LogP contribution is -2.51. The standard InChI is InChI=1S/C20H28N2O4/c23-13-18-17(22-20(25)10-14-6-7-14)9-8-16(26-18)11-19(24)21-12-15-4-2-1-3-5-15/h1-5,14,16-18,23H,6-13H2,(H,21,24)(H,22,25)/t16-,17-,18+/m1/s1. The van der Waals surface area contributed by atoms with E-state index in [-0.39, 0.29) is 37.0 Å². The molecule has 3 rings (SSSR count). The van der Waals surface area contributed by atoms with Crippen molar-refractivity contribution in [2.45, 2.75) is 63.3 Å². The number of aliphatic hydroxyl groups is 1. The molecule has 3 atom stereocenters. The van der Waals surface area contributed by atoms with Gasteiger partial charge in [-0.2, -0.15) is 0 Å². The van der Waals surface area contributed by atoms with Crippen LogP contribution in [0, 0.1) is 5.92 Å². The predicted molar refractivity (Wildman–Crippen MR) is 97.2 cm³/mol. The maximum Gasteiger partial charge on any atom is 0.222 e. The van der Waals surface area contributed by atoms with Gasteiger partial charge in [0.15, 0.2) is 0 Å². The van der Waals surface area contributed by atoms with Crippen molar-refractivity contribution in [3.8, 4) is 0 Å². The summed E-state index contributed by atoms with van der Waals surface area (Å²) in [7, 11) is 0. The summed E-state index contributed by atoms with van der Waals surface area (Å²) in [6.07, 6.45) is 3.86. The number of benzene rings is 1. The smallest absolute Gasteiger partial charge is 0.222 e. The second-order valence-electron chi connectivity index (χ2n) is 7.34. The fourth-order valence-electron chi connectivity index (χ4n) is 3.37. The van der Waals surface area contributed by atoms with Gasteiger partial charge in [-0.15, -0.1) is 0 Å². The van der Waals surface area contributed by atoms with Gasteiger partial charge in [0.25, 0.3) is 0 Å². The van der Waals surface area contributed by atoms with Crippen molar-refractivity contribution in [2.24, 2.45) is 5.92 Å². The molecule has 142 valence electrons. The molecule has 1 aliphatic carbocycles. The number of amides is 2. The van der Waals surface area contributed by atoms with Crippen molar-refractivity contribution in [2.75, 3.05) is 6.61 Å². The van der Waals surface area contributed by atoms with Crippen LogP contribution < -0.4 is 10.6 Å². The van der Waals surface area contributed by atoms with E-state index in [9.17, 15) is 14.7 Å². The van der Waals surface area contributed by atoms with Gasteiger partial charge in [0.1, 0.15) is 6.10 Å². The Morgan fingerprint density at radius 1 is 1.04 bits per heavy atom. The molecule has 2 aliphatic rings. The van der Waals surface area contributed by atoms with Crippen LogP contribution in [-0.2, 0) is 20.9 Å². The van der Waals surface area contributed by atoms with Crippen molar-refractivity contribution in [3.63, 3.8) is 0 Å². The molecular formula is C20H28N2O4. The molecule has 1 aliphatic heterocycles. The number of carbonyl (C=O) groups excluding carboxylic acids is 2. The molecule has 1 aromatic rings. The number of rotatable bonds is 8. The van der Waals surface area contributed by atoms with Crippen molar-refractivity contribution >= 4 is 11.8 Å². The second kappa shape index (κ2) is 9.14. The topological polar surface area (TPSA) is 87.7 Å². The van der Waals surface area contributed by atoms with Gasteiger partial charge in [-0.1, -0.05) is 30.3 Å². The Kier molecular flexibility index (Phi) is 6.63. The molecule has 3 N–H and O–H groups in total. The fourth-order valence-corrected chi connectivity index (χ4v) is 3.37. The van der Waals surface area contributed by atoms with E-state index in [1.165, 1.54) is 0 Å².